The van der Waals surface area contributed by atoms with E-state index in [2.05, 4.69) is 25.4 Å². The fourth-order valence-corrected chi connectivity index (χ4v) is 3.64. The van der Waals surface area contributed by atoms with Gasteiger partial charge in [0.05, 0.1) is 17.1 Å². The molecule has 3 aromatic heterocycles. The maximum Gasteiger partial charge on any atom is 0.267 e. The third-order valence-corrected chi connectivity index (χ3v) is 5.20. The Kier molecular flexibility index (Phi) is 4.94. The summed E-state index contributed by atoms with van der Waals surface area (Å²) >= 11 is 1.38. The van der Waals surface area contributed by atoms with Gasteiger partial charge < -0.3 is 9.84 Å². The average molecular weight is 391 g/mol. The number of nitrogens with one attached hydrogen (secondary N) is 1. The van der Waals surface area contributed by atoms with E-state index in [0.717, 1.165) is 21.8 Å². The minimum atomic E-state index is -0.168. The van der Waals surface area contributed by atoms with Gasteiger partial charge in [0.1, 0.15) is 4.88 Å². The highest BCUT2D eigenvalue weighted by Gasteiger charge is 2.16. The first-order chi connectivity index (χ1) is 13.6. The van der Waals surface area contributed by atoms with Crippen molar-refractivity contribution in [2.24, 2.45) is 0 Å². The molecule has 7 nitrogen and oxygen atoms in total. The first-order valence-corrected chi connectivity index (χ1v) is 9.48. The van der Waals surface area contributed by atoms with Crippen LogP contribution in [0.25, 0.3) is 11.4 Å². The molecule has 28 heavy (non-hydrogen) atoms. The number of anilines is 1. The van der Waals surface area contributed by atoms with Crippen molar-refractivity contribution in [3.63, 3.8) is 0 Å². The molecule has 0 radical (unpaired) electrons. The summed E-state index contributed by atoms with van der Waals surface area (Å²) in [6, 6.07) is 11.2. The Morgan fingerprint density at radius 1 is 1.11 bits per heavy atom. The van der Waals surface area contributed by atoms with Gasteiger partial charge in [0.2, 0.25) is 11.7 Å². The molecule has 4 rings (SSSR count). The van der Waals surface area contributed by atoms with E-state index in [0.29, 0.717) is 28.7 Å². The summed E-state index contributed by atoms with van der Waals surface area (Å²) in [6.07, 6.45) is 3.77. The highest BCUT2D eigenvalue weighted by molar-refractivity contribution is 7.13. The zero-order valence-corrected chi connectivity index (χ0v) is 16.2. The zero-order chi connectivity index (χ0) is 19.5. The van der Waals surface area contributed by atoms with Gasteiger partial charge in [-0.15, -0.1) is 11.3 Å². The van der Waals surface area contributed by atoms with Gasteiger partial charge in [0, 0.05) is 23.6 Å². The lowest BCUT2D eigenvalue weighted by Crippen LogP contribution is -2.13. The molecule has 1 amide bonds. The third kappa shape index (κ3) is 3.81. The number of nitrogens with zero attached hydrogens (tertiary/aromatic N) is 4. The summed E-state index contributed by atoms with van der Waals surface area (Å²) in [7, 11) is 0. The van der Waals surface area contributed by atoms with Gasteiger partial charge in [-0.2, -0.15) is 4.98 Å². The molecule has 0 aliphatic rings. The molecule has 140 valence electrons. The molecule has 0 saturated heterocycles. The van der Waals surface area contributed by atoms with Crippen LogP contribution in [0.3, 0.4) is 0 Å². The van der Waals surface area contributed by atoms with Crippen LogP contribution in [0, 0.1) is 13.8 Å². The fourth-order valence-electron chi connectivity index (χ4n) is 2.83. The highest BCUT2D eigenvalue weighted by atomic mass is 32.1. The fraction of sp³-hybridized carbons (Fsp3) is 0.150. The minimum absolute atomic E-state index is 0.168. The molecule has 0 saturated carbocycles. The second-order valence-electron chi connectivity index (χ2n) is 6.18. The molecule has 0 atom stereocenters. The Hall–Kier alpha value is -3.39. The molecule has 4 aromatic rings. The van der Waals surface area contributed by atoms with E-state index in [1.54, 1.807) is 12.4 Å². The van der Waals surface area contributed by atoms with Crippen LogP contribution in [-0.4, -0.2) is 26.0 Å². The molecule has 1 N–H and O–H groups in total. The van der Waals surface area contributed by atoms with Crippen LogP contribution in [0.5, 0.6) is 0 Å². The van der Waals surface area contributed by atoms with Crippen LogP contribution >= 0.6 is 11.3 Å². The van der Waals surface area contributed by atoms with Crippen molar-refractivity contribution in [3.8, 4) is 11.4 Å². The molecule has 1 aromatic carbocycles. The number of carbonyl (C=O) groups is 1. The second kappa shape index (κ2) is 7.69. The zero-order valence-electron chi connectivity index (χ0n) is 15.3. The van der Waals surface area contributed by atoms with E-state index in [4.69, 9.17) is 4.52 Å². The first-order valence-electron chi connectivity index (χ1n) is 8.66. The smallest absolute Gasteiger partial charge is 0.267 e. The van der Waals surface area contributed by atoms with Gasteiger partial charge in [-0.1, -0.05) is 23.4 Å². The molecular weight excluding hydrogens is 374 g/mol. The summed E-state index contributed by atoms with van der Waals surface area (Å²) in [4.78, 5) is 26.0. The van der Waals surface area contributed by atoms with Gasteiger partial charge in [-0.05, 0) is 37.6 Å². The molecule has 0 fully saturated rings. The quantitative estimate of drug-likeness (QED) is 0.552. The van der Waals surface area contributed by atoms with Crippen molar-refractivity contribution in [2.75, 3.05) is 5.32 Å². The van der Waals surface area contributed by atoms with E-state index >= 15 is 0 Å². The summed E-state index contributed by atoms with van der Waals surface area (Å²) in [6.45, 7) is 3.72. The van der Waals surface area contributed by atoms with E-state index < -0.39 is 0 Å². The van der Waals surface area contributed by atoms with Gasteiger partial charge in [0.15, 0.2) is 0 Å². The van der Waals surface area contributed by atoms with E-state index in [-0.39, 0.29) is 5.91 Å². The number of rotatable bonds is 5. The molecule has 0 aliphatic carbocycles. The first kappa shape index (κ1) is 18.0. The largest absolute Gasteiger partial charge is 0.339 e. The number of hydrogen-bond acceptors (Lipinski definition) is 7. The molecule has 0 bridgehead atoms. The lowest BCUT2D eigenvalue weighted by atomic mass is 10.1. The Balaban J connectivity index is 1.54. The molecule has 0 aliphatic heterocycles. The third-order valence-electron chi connectivity index (χ3n) is 4.12. The van der Waals surface area contributed by atoms with E-state index in [9.17, 15) is 4.79 Å². The summed E-state index contributed by atoms with van der Waals surface area (Å²) < 4.78 is 5.39. The van der Waals surface area contributed by atoms with Gasteiger partial charge in [-0.25, -0.2) is 4.98 Å². The van der Waals surface area contributed by atoms with Crippen LogP contribution in [0.4, 0.5) is 5.69 Å². The molecule has 3 heterocycles. The van der Waals surface area contributed by atoms with E-state index in [1.165, 1.54) is 11.3 Å². The van der Waals surface area contributed by atoms with Crippen LogP contribution < -0.4 is 5.32 Å². The lowest BCUT2D eigenvalue weighted by molar-refractivity contribution is 0.102. The van der Waals surface area contributed by atoms with Crippen molar-refractivity contribution in [1.29, 1.82) is 0 Å². The SMILES string of the molecule is Cc1nc(C)c(C(=O)Nc2ccccc2Cc2nc(-c3ccncc3)no2)s1. The van der Waals surface area contributed by atoms with Crippen molar-refractivity contribution in [2.45, 2.75) is 20.3 Å². The van der Waals surface area contributed by atoms with Crippen molar-refractivity contribution < 1.29 is 9.32 Å². The number of pyridine rings is 1. The number of hydrogen-bond donors (Lipinski definition) is 1. The number of amides is 1. The molecule has 8 heteroatoms. The Bertz CT molecular complexity index is 1120. The molecule has 0 unspecified atom stereocenters. The maximum absolute atomic E-state index is 12.6. The number of carbonyl (C=O) groups excluding carboxylic acids is 1. The number of para-hydroxylation sites is 1. The Morgan fingerprint density at radius 3 is 2.64 bits per heavy atom. The van der Waals surface area contributed by atoms with Crippen LogP contribution in [0.15, 0.2) is 53.3 Å². The number of benzene rings is 1. The van der Waals surface area contributed by atoms with Crippen molar-refractivity contribution in [1.82, 2.24) is 20.1 Å². The Morgan fingerprint density at radius 2 is 1.89 bits per heavy atom. The summed E-state index contributed by atoms with van der Waals surface area (Å²) in [5.41, 5.74) is 3.17. The lowest BCUT2D eigenvalue weighted by Gasteiger charge is -2.09. The Labute approximate surface area is 165 Å². The molecule has 0 spiro atoms. The van der Waals surface area contributed by atoms with Gasteiger partial charge >= 0.3 is 0 Å². The predicted octanol–water partition coefficient (Wildman–Crippen LogP) is 4.05. The van der Waals surface area contributed by atoms with Crippen LogP contribution in [0.2, 0.25) is 0 Å². The highest BCUT2D eigenvalue weighted by Crippen LogP contribution is 2.23. The number of thiazole rings is 1. The molecular formula is C20H17N5O2S. The maximum atomic E-state index is 12.6. The van der Waals surface area contributed by atoms with Gasteiger partial charge in [0.25, 0.3) is 5.91 Å². The normalized spacial score (nSPS) is 10.8. The second-order valence-corrected chi connectivity index (χ2v) is 7.39. The average Bonchev–Trinajstić information content (AvgIpc) is 3.30. The van der Waals surface area contributed by atoms with Crippen molar-refractivity contribution in [3.05, 3.63) is 75.8 Å². The predicted molar refractivity (Wildman–Crippen MR) is 106 cm³/mol. The van der Waals surface area contributed by atoms with Crippen LogP contribution in [-0.2, 0) is 6.42 Å². The minimum Gasteiger partial charge on any atom is -0.339 e. The van der Waals surface area contributed by atoms with Crippen LogP contribution in [0.1, 0.15) is 31.8 Å². The standard InChI is InChI=1S/C20H17N5O2S/c1-12-18(28-13(2)22-12)20(26)23-16-6-4-3-5-15(16)11-17-24-19(25-27-17)14-7-9-21-10-8-14/h3-10H,11H2,1-2H3,(H,23,26). The number of aromatic nitrogens is 4. The van der Waals surface area contributed by atoms with Gasteiger partial charge in [-0.3, -0.25) is 9.78 Å². The number of aryl methyl sites for hydroxylation is 2. The van der Waals surface area contributed by atoms with E-state index in [1.807, 2.05) is 50.2 Å². The summed E-state index contributed by atoms with van der Waals surface area (Å²) in [5, 5.41) is 7.87. The monoisotopic (exact) mass is 391 g/mol. The topological polar surface area (TPSA) is 93.8 Å². The summed E-state index contributed by atoms with van der Waals surface area (Å²) in [5.74, 6) is 0.812. The van der Waals surface area contributed by atoms with Crippen molar-refractivity contribution >= 4 is 22.9 Å².